The van der Waals surface area contributed by atoms with E-state index in [4.69, 9.17) is 4.74 Å². The molecule has 0 aliphatic carbocycles. The average Bonchev–Trinajstić information content (AvgIpc) is 2.62. The maximum atomic E-state index is 5.83. The van der Waals surface area contributed by atoms with Gasteiger partial charge in [0, 0.05) is 13.5 Å². The van der Waals surface area contributed by atoms with Crippen LogP contribution in [0.2, 0.25) is 0 Å². The summed E-state index contributed by atoms with van der Waals surface area (Å²) < 4.78 is 7.85. The zero-order chi connectivity index (χ0) is 11.4. The fraction of sp³-hybridized carbons (Fsp3) is 0.818. The Morgan fingerprint density at radius 3 is 2.75 bits per heavy atom. The molecule has 0 amide bonds. The highest BCUT2D eigenvalue weighted by atomic mass is 16.5. The zero-order valence-corrected chi connectivity index (χ0v) is 10.1. The average molecular weight is 224 g/mol. The lowest BCUT2D eigenvalue weighted by Gasteiger charge is -2.22. The standard InChI is InChI=1S/C11H20N4O/c1-9-13-14-11(15(9)2)5-8-16-10-3-6-12-7-4-10/h10,12H,3-8H2,1-2H3. The molecule has 1 aromatic rings. The summed E-state index contributed by atoms with van der Waals surface area (Å²) in [6.07, 6.45) is 3.52. The minimum absolute atomic E-state index is 0.426. The van der Waals surface area contributed by atoms with Crippen LogP contribution >= 0.6 is 0 Å². The third-order valence-electron chi connectivity index (χ3n) is 3.15. The van der Waals surface area contributed by atoms with Crippen molar-refractivity contribution in [2.45, 2.75) is 32.3 Å². The molecule has 0 unspecified atom stereocenters. The van der Waals surface area contributed by atoms with Crippen molar-refractivity contribution in [3.8, 4) is 0 Å². The Bertz CT molecular complexity index is 331. The minimum Gasteiger partial charge on any atom is -0.378 e. The van der Waals surface area contributed by atoms with Crippen molar-refractivity contribution in [1.82, 2.24) is 20.1 Å². The van der Waals surface area contributed by atoms with Crippen LogP contribution in [0.25, 0.3) is 0 Å². The second-order valence-electron chi connectivity index (χ2n) is 4.29. The Morgan fingerprint density at radius 2 is 2.12 bits per heavy atom. The van der Waals surface area contributed by atoms with Gasteiger partial charge >= 0.3 is 0 Å². The molecular formula is C11H20N4O. The van der Waals surface area contributed by atoms with Crippen molar-refractivity contribution in [3.63, 3.8) is 0 Å². The van der Waals surface area contributed by atoms with Gasteiger partial charge in [-0.05, 0) is 32.9 Å². The molecule has 16 heavy (non-hydrogen) atoms. The van der Waals surface area contributed by atoms with Gasteiger partial charge in [-0.2, -0.15) is 0 Å². The maximum absolute atomic E-state index is 5.83. The minimum atomic E-state index is 0.426. The first-order valence-corrected chi connectivity index (χ1v) is 5.94. The molecule has 0 saturated carbocycles. The highest BCUT2D eigenvalue weighted by Gasteiger charge is 2.13. The molecule has 2 heterocycles. The largest absolute Gasteiger partial charge is 0.378 e. The van der Waals surface area contributed by atoms with Gasteiger partial charge in [-0.1, -0.05) is 0 Å². The third-order valence-corrected chi connectivity index (χ3v) is 3.15. The van der Waals surface area contributed by atoms with Gasteiger partial charge in [0.05, 0.1) is 12.7 Å². The van der Waals surface area contributed by atoms with Crippen LogP contribution in [-0.4, -0.2) is 40.6 Å². The van der Waals surface area contributed by atoms with E-state index in [0.717, 1.165) is 50.6 Å². The van der Waals surface area contributed by atoms with Crippen molar-refractivity contribution in [2.75, 3.05) is 19.7 Å². The predicted molar refractivity (Wildman–Crippen MR) is 61.3 cm³/mol. The van der Waals surface area contributed by atoms with Gasteiger partial charge in [-0.15, -0.1) is 10.2 Å². The Hall–Kier alpha value is -0.940. The van der Waals surface area contributed by atoms with Gasteiger partial charge in [0.1, 0.15) is 11.6 Å². The van der Waals surface area contributed by atoms with E-state index in [2.05, 4.69) is 15.5 Å². The Kier molecular flexibility index (Phi) is 3.90. The molecule has 1 aromatic heterocycles. The molecular weight excluding hydrogens is 204 g/mol. The third kappa shape index (κ3) is 2.80. The summed E-state index contributed by atoms with van der Waals surface area (Å²) in [4.78, 5) is 0. The van der Waals surface area contributed by atoms with Gasteiger partial charge in [0.25, 0.3) is 0 Å². The summed E-state index contributed by atoms with van der Waals surface area (Å²) in [7, 11) is 2.00. The summed E-state index contributed by atoms with van der Waals surface area (Å²) in [5.41, 5.74) is 0. The molecule has 0 radical (unpaired) electrons. The molecule has 0 spiro atoms. The molecule has 1 fully saturated rings. The Morgan fingerprint density at radius 1 is 1.38 bits per heavy atom. The molecule has 1 aliphatic rings. The fourth-order valence-electron chi connectivity index (χ4n) is 1.95. The number of hydrogen-bond donors (Lipinski definition) is 1. The van der Waals surface area contributed by atoms with Crippen molar-refractivity contribution >= 4 is 0 Å². The highest BCUT2D eigenvalue weighted by Crippen LogP contribution is 2.08. The van der Waals surface area contributed by atoms with E-state index >= 15 is 0 Å². The first kappa shape index (κ1) is 11.5. The lowest BCUT2D eigenvalue weighted by molar-refractivity contribution is 0.0339. The first-order valence-electron chi connectivity index (χ1n) is 5.94. The first-order chi connectivity index (χ1) is 7.77. The van der Waals surface area contributed by atoms with Crippen molar-refractivity contribution < 1.29 is 4.74 Å². The number of nitrogens with one attached hydrogen (secondary N) is 1. The Balaban J connectivity index is 1.73. The van der Waals surface area contributed by atoms with E-state index in [0.29, 0.717) is 6.10 Å². The van der Waals surface area contributed by atoms with Crippen LogP contribution in [-0.2, 0) is 18.2 Å². The van der Waals surface area contributed by atoms with Gasteiger partial charge in [0.15, 0.2) is 0 Å². The molecule has 1 N–H and O–H groups in total. The van der Waals surface area contributed by atoms with Gasteiger partial charge in [0.2, 0.25) is 0 Å². The van der Waals surface area contributed by atoms with Gasteiger partial charge < -0.3 is 14.6 Å². The quantitative estimate of drug-likeness (QED) is 0.806. The lowest BCUT2D eigenvalue weighted by atomic mass is 10.1. The van der Waals surface area contributed by atoms with E-state index < -0.39 is 0 Å². The summed E-state index contributed by atoms with van der Waals surface area (Å²) in [5.74, 6) is 1.96. The van der Waals surface area contributed by atoms with Crippen molar-refractivity contribution in [2.24, 2.45) is 7.05 Å². The smallest absolute Gasteiger partial charge is 0.135 e. The molecule has 0 atom stereocenters. The second kappa shape index (κ2) is 5.41. The van der Waals surface area contributed by atoms with Crippen LogP contribution in [0.1, 0.15) is 24.5 Å². The van der Waals surface area contributed by atoms with Crippen molar-refractivity contribution in [3.05, 3.63) is 11.6 Å². The van der Waals surface area contributed by atoms with Gasteiger partial charge in [-0.25, -0.2) is 0 Å². The zero-order valence-electron chi connectivity index (χ0n) is 10.1. The number of aryl methyl sites for hydroxylation is 1. The van der Waals surface area contributed by atoms with E-state index in [1.807, 2.05) is 18.5 Å². The fourth-order valence-corrected chi connectivity index (χ4v) is 1.95. The highest BCUT2D eigenvalue weighted by molar-refractivity contribution is 4.92. The summed E-state index contributed by atoms with van der Waals surface area (Å²) >= 11 is 0. The summed E-state index contributed by atoms with van der Waals surface area (Å²) in [5, 5.41) is 11.5. The SMILES string of the molecule is Cc1nnc(CCOC2CCNCC2)n1C. The second-order valence-corrected chi connectivity index (χ2v) is 4.29. The van der Waals surface area contributed by atoms with E-state index in [9.17, 15) is 0 Å². The van der Waals surface area contributed by atoms with Crippen LogP contribution < -0.4 is 5.32 Å². The van der Waals surface area contributed by atoms with Crippen LogP contribution in [0.5, 0.6) is 0 Å². The van der Waals surface area contributed by atoms with Crippen LogP contribution in [0.15, 0.2) is 0 Å². The molecule has 2 rings (SSSR count). The molecule has 1 aliphatic heterocycles. The molecule has 5 nitrogen and oxygen atoms in total. The van der Waals surface area contributed by atoms with Crippen LogP contribution in [0, 0.1) is 6.92 Å². The van der Waals surface area contributed by atoms with E-state index in [-0.39, 0.29) is 0 Å². The monoisotopic (exact) mass is 224 g/mol. The maximum Gasteiger partial charge on any atom is 0.135 e. The number of aromatic nitrogens is 3. The van der Waals surface area contributed by atoms with Crippen LogP contribution in [0.4, 0.5) is 0 Å². The molecule has 5 heteroatoms. The molecule has 0 aromatic carbocycles. The van der Waals surface area contributed by atoms with E-state index in [1.165, 1.54) is 0 Å². The number of hydrogen-bond acceptors (Lipinski definition) is 4. The normalized spacial score (nSPS) is 17.9. The topological polar surface area (TPSA) is 52.0 Å². The number of nitrogens with zero attached hydrogens (tertiary/aromatic N) is 3. The van der Waals surface area contributed by atoms with E-state index in [1.54, 1.807) is 0 Å². The van der Waals surface area contributed by atoms with Gasteiger partial charge in [-0.3, -0.25) is 0 Å². The molecule has 1 saturated heterocycles. The van der Waals surface area contributed by atoms with Crippen molar-refractivity contribution in [1.29, 1.82) is 0 Å². The summed E-state index contributed by atoms with van der Waals surface area (Å²) in [6.45, 7) is 4.86. The molecule has 90 valence electrons. The predicted octanol–water partition coefficient (Wildman–Crippen LogP) is 0.435. The number of ether oxygens (including phenoxy) is 1. The molecule has 0 bridgehead atoms. The number of piperidine rings is 1. The Labute approximate surface area is 96.2 Å². The van der Waals surface area contributed by atoms with Crippen LogP contribution in [0.3, 0.4) is 0 Å². The number of rotatable bonds is 4. The summed E-state index contributed by atoms with van der Waals surface area (Å²) in [6, 6.07) is 0. The lowest BCUT2D eigenvalue weighted by Crippen LogP contribution is -2.32.